The SMILES string of the molecule is O=C(c1cc(I)ccc1Br)C1CCOC2(CCCCC2)C1. The summed E-state index contributed by atoms with van der Waals surface area (Å²) in [6.45, 7) is 0.734. The summed E-state index contributed by atoms with van der Waals surface area (Å²) in [5.41, 5.74) is 0.824. The second-order valence-corrected chi connectivity index (χ2v) is 8.37. The molecule has 0 radical (unpaired) electrons. The van der Waals surface area contributed by atoms with Gasteiger partial charge in [-0.2, -0.15) is 0 Å². The molecule has 1 saturated carbocycles. The third kappa shape index (κ3) is 3.53. The van der Waals surface area contributed by atoms with Gasteiger partial charge in [0.15, 0.2) is 5.78 Å². The van der Waals surface area contributed by atoms with E-state index in [0.29, 0.717) is 0 Å². The van der Waals surface area contributed by atoms with Crippen LogP contribution in [-0.4, -0.2) is 18.0 Å². The highest BCUT2D eigenvalue weighted by Crippen LogP contribution is 2.42. The molecule has 1 heterocycles. The lowest BCUT2D eigenvalue weighted by Gasteiger charge is -2.43. The van der Waals surface area contributed by atoms with Crippen LogP contribution in [0, 0.1) is 9.49 Å². The molecule has 114 valence electrons. The average molecular weight is 463 g/mol. The number of ether oxygens (including phenoxy) is 1. The molecule has 1 aliphatic carbocycles. The van der Waals surface area contributed by atoms with E-state index >= 15 is 0 Å². The maximum atomic E-state index is 12.9. The first-order valence-electron chi connectivity index (χ1n) is 7.73. The highest BCUT2D eigenvalue weighted by Gasteiger charge is 2.41. The Bertz CT molecular complexity index is 532. The average Bonchev–Trinajstić information content (AvgIpc) is 2.50. The largest absolute Gasteiger partial charge is 0.375 e. The molecule has 1 aromatic carbocycles. The van der Waals surface area contributed by atoms with E-state index in [9.17, 15) is 4.79 Å². The fourth-order valence-electron chi connectivity index (χ4n) is 3.70. The van der Waals surface area contributed by atoms with Gasteiger partial charge in [0.2, 0.25) is 0 Å². The maximum Gasteiger partial charge on any atom is 0.167 e. The summed E-state index contributed by atoms with van der Waals surface area (Å²) in [7, 11) is 0. The molecule has 1 atom stereocenters. The van der Waals surface area contributed by atoms with E-state index < -0.39 is 0 Å². The smallest absolute Gasteiger partial charge is 0.167 e. The Morgan fingerprint density at radius 3 is 2.81 bits per heavy atom. The van der Waals surface area contributed by atoms with Crippen LogP contribution < -0.4 is 0 Å². The normalized spacial score (nSPS) is 25.0. The van der Waals surface area contributed by atoms with Crippen LogP contribution in [0.2, 0.25) is 0 Å². The highest BCUT2D eigenvalue weighted by atomic mass is 127. The van der Waals surface area contributed by atoms with Crippen molar-refractivity contribution in [2.24, 2.45) is 5.92 Å². The van der Waals surface area contributed by atoms with Gasteiger partial charge in [0.05, 0.1) is 5.60 Å². The molecule has 2 aliphatic rings. The number of rotatable bonds is 2. The Balaban J connectivity index is 1.79. The summed E-state index contributed by atoms with van der Waals surface area (Å²) in [4.78, 5) is 12.9. The van der Waals surface area contributed by atoms with Crippen molar-refractivity contribution in [3.05, 3.63) is 31.8 Å². The van der Waals surface area contributed by atoms with Gasteiger partial charge in [-0.25, -0.2) is 0 Å². The molecule has 21 heavy (non-hydrogen) atoms. The van der Waals surface area contributed by atoms with E-state index in [1.54, 1.807) is 0 Å². The molecule has 2 fully saturated rings. The minimum Gasteiger partial charge on any atom is -0.375 e. The van der Waals surface area contributed by atoms with Crippen molar-refractivity contribution in [3.63, 3.8) is 0 Å². The van der Waals surface area contributed by atoms with Crippen molar-refractivity contribution in [2.45, 2.75) is 50.5 Å². The number of benzene rings is 1. The summed E-state index contributed by atoms with van der Waals surface area (Å²) < 4.78 is 8.14. The van der Waals surface area contributed by atoms with Crippen LogP contribution >= 0.6 is 38.5 Å². The summed E-state index contributed by atoms with van der Waals surface area (Å²) in [6, 6.07) is 5.99. The molecular formula is C17H20BrIO2. The minimum absolute atomic E-state index is 0.00869. The van der Waals surface area contributed by atoms with E-state index in [4.69, 9.17) is 4.74 Å². The number of hydrogen-bond acceptors (Lipinski definition) is 2. The van der Waals surface area contributed by atoms with Gasteiger partial charge < -0.3 is 4.74 Å². The molecule has 1 spiro atoms. The van der Waals surface area contributed by atoms with Gasteiger partial charge in [-0.1, -0.05) is 35.2 Å². The number of ketones is 1. The van der Waals surface area contributed by atoms with Gasteiger partial charge >= 0.3 is 0 Å². The molecule has 2 nitrogen and oxygen atoms in total. The third-order valence-corrected chi connectivity index (χ3v) is 6.18. The van der Waals surface area contributed by atoms with Gasteiger partial charge in [-0.05, 0) is 66.5 Å². The quantitative estimate of drug-likeness (QED) is 0.436. The van der Waals surface area contributed by atoms with Gasteiger partial charge in [0.25, 0.3) is 0 Å². The maximum absolute atomic E-state index is 12.9. The summed E-state index contributed by atoms with van der Waals surface area (Å²) in [6.07, 6.45) is 7.82. The first kappa shape index (κ1) is 15.9. The fourth-order valence-corrected chi connectivity index (χ4v) is 4.64. The number of halogens is 2. The molecule has 0 amide bonds. The van der Waals surface area contributed by atoms with Crippen LogP contribution in [0.1, 0.15) is 55.3 Å². The van der Waals surface area contributed by atoms with Gasteiger partial charge in [0, 0.05) is 26.1 Å². The second-order valence-electron chi connectivity index (χ2n) is 6.27. The van der Waals surface area contributed by atoms with E-state index in [-0.39, 0.29) is 17.3 Å². The summed E-state index contributed by atoms with van der Waals surface area (Å²) in [5, 5.41) is 0. The van der Waals surface area contributed by atoms with Crippen molar-refractivity contribution >= 4 is 44.3 Å². The fraction of sp³-hybridized carbons (Fsp3) is 0.588. The number of carbonyl (C=O) groups excluding carboxylic acids is 1. The van der Waals surface area contributed by atoms with Crippen molar-refractivity contribution in [3.8, 4) is 0 Å². The molecule has 0 aromatic heterocycles. The van der Waals surface area contributed by atoms with Crippen LogP contribution in [0.25, 0.3) is 0 Å². The minimum atomic E-state index is -0.00869. The Labute approximate surface area is 148 Å². The van der Waals surface area contributed by atoms with Crippen molar-refractivity contribution < 1.29 is 9.53 Å². The molecule has 1 saturated heterocycles. The Kier molecular flexibility index (Phi) is 5.06. The lowest BCUT2D eigenvalue weighted by Crippen LogP contribution is -2.43. The van der Waals surface area contributed by atoms with Crippen molar-refractivity contribution in [1.82, 2.24) is 0 Å². The number of Topliss-reactive ketones (excluding diaryl/α,β-unsaturated/α-hetero) is 1. The zero-order chi connectivity index (χ0) is 14.9. The van der Waals surface area contributed by atoms with Gasteiger partial charge in [-0.15, -0.1) is 0 Å². The molecule has 0 bridgehead atoms. The second kappa shape index (κ2) is 6.67. The summed E-state index contributed by atoms with van der Waals surface area (Å²) >= 11 is 5.80. The van der Waals surface area contributed by atoms with E-state index in [1.807, 2.05) is 18.2 Å². The zero-order valence-electron chi connectivity index (χ0n) is 12.0. The summed E-state index contributed by atoms with van der Waals surface area (Å²) in [5.74, 6) is 0.403. The first-order valence-corrected chi connectivity index (χ1v) is 9.60. The van der Waals surface area contributed by atoms with Crippen molar-refractivity contribution in [1.29, 1.82) is 0 Å². The van der Waals surface area contributed by atoms with Crippen LogP contribution in [0.5, 0.6) is 0 Å². The lowest BCUT2D eigenvalue weighted by molar-refractivity contribution is -0.111. The van der Waals surface area contributed by atoms with Crippen molar-refractivity contribution in [2.75, 3.05) is 6.61 Å². The monoisotopic (exact) mass is 462 g/mol. The number of carbonyl (C=O) groups is 1. The Morgan fingerprint density at radius 2 is 2.05 bits per heavy atom. The Morgan fingerprint density at radius 1 is 1.29 bits per heavy atom. The third-order valence-electron chi connectivity index (χ3n) is 4.82. The molecule has 1 aliphatic heterocycles. The van der Waals surface area contributed by atoms with Crippen LogP contribution in [-0.2, 0) is 4.74 Å². The van der Waals surface area contributed by atoms with E-state index in [0.717, 1.165) is 45.9 Å². The zero-order valence-corrected chi connectivity index (χ0v) is 15.8. The molecular weight excluding hydrogens is 443 g/mol. The Hall–Kier alpha value is 0.0600. The van der Waals surface area contributed by atoms with Gasteiger partial charge in [-0.3, -0.25) is 4.79 Å². The van der Waals surface area contributed by atoms with E-state index in [1.165, 1.54) is 19.3 Å². The van der Waals surface area contributed by atoms with Crippen LogP contribution in [0.15, 0.2) is 22.7 Å². The lowest BCUT2D eigenvalue weighted by atomic mass is 9.74. The van der Waals surface area contributed by atoms with Gasteiger partial charge in [0.1, 0.15) is 0 Å². The number of hydrogen-bond donors (Lipinski definition) is 0. The molecule has 1 unspecified atom stereocenters. The molecule has 0 N–H and O–H groups in total. The first-order chi connectivity index (χ1) is 10.1. The molecule has 1 aromatic rings. The molecule has 4 heteroatoms. The standard InChI is InChI=1S/C17H20BrIO2/c18-15-5-4-13(19)10-14(15)16(20)12-6-9-21-17(11-12)7-2-1-3-8-17/h4-5,10,12H,1-3,6-9,11H2. The highest BCUT2D eigenvalue weighted by molar-refractivity contribution is 14.1. The van der Waals surface area contributed by atoms with E-state index in [2.05, 4.69) is 38.5 Å². The van der Waals surface area contributed by atoms with Crippen LogP contribution in [0.3, 0.4) is 0 Å². The predicted octanol–water partition coefficient (Wildman–Crippen LogP) is 5.37. The predicted molar refractivity (Wildman–Crippen MR) is 95.7 cm³/mol. The van der Waals surface area contributed by atoms with Crippen LogP contribution in [0.4, 0.5) is 0 Å². The topological polar surface area (TPSA) is 26.3 Å². The molecule has 3 rings (SSSR count).